The summed E-state index contributed by atoms with van der Waals surface area (Å²) in [7, 11) is 0. The van der Waals surface area contributed by atoms with E-state index >= 15 is 0 Å². The lowest BCUT2D eigenvalue weighted by Crippen LogP contribution is -2.36. The van der Waals surface area contributed by atoms with E-state index in [0.29, 0.717) is 32.0 Å². The van der Waals surface area contributed by atoms with Crippen LogP contribution in [0.2, 0.25) is 0 Å². The number of rotatable bonds is 4. The molecule has 2 aliphatic rings. The minimum atomic E-state index is -0.0896. The highest BCUT2D eigenvalue weighted by molar-refractivity contribution is 5.94. The molecule has 0 radical (unpaired) electrons. The molecule has 0 saturated carbocycles. The van der Waals surface area contributed by atoms with Gasteiger partial charge in [0, 0.05) is 36.9 Å². The van der Waals surface area contributed by atoms with Crippen molar-refractivity contribution in [3.63, 3.8) is 0 Å². The van der Waals surface area contributed by atoms with Crippen molar-refractivity contribution in [3.8, 4) is 11.3 Å². The molecule has 0 unspecified atom stereocenters. The quantitative estimate of drug-likeness (QED) is 0.831. The maximum Gasteiger partial charge on any atom is 0.251 e. The molecule has 0 spiro atoms. The highest BCUT2D eigenvalue weighted by Crippen LogP contribution is 2.24. The molecule has 27 heavy (non-hydrogen) atoms. The number of carbonyl (C=O) groups is 1. The Bertz CT molecular complexity index is 799. The first-order valence-electron chi connectivity index (χ1n) is 9.15. The van der Waals surface area contributed by atoms with Crippen LogP contribution in [-0.2, 0) is 9.47 Å². The summed E-state index contributed by atoms with van der Waals surface area (Å²) in [5, 5.41) is 2.99. The average molecular weight is 369 g/mol. The van der Waals surface area contributed by atoms with Gasteiger partial charge >= 0.3 is 0 Å². The molecule has 1 aromatic heterocycles. The van der Waals surface area contributed by atoms with Crippen LogP contribution in [0.1, 0.15) is 16.8 Å². The molecular formula is C19H23N5O3. The second-order valence-electron chi connectivity index (χ2n) is 6.68. The van der Waals surface area contributed by atoms with E-state index in [2.05, 4.69) is 20.2 Å². The summed E-state index contributed by atoms with van der Waals surface area (Å²) in [5.41, 5.74) is 8.15. The number of amides is 1. The third-order valence-electron chi connectivity index (χ3n) is 4.77. The van der Waals surface area contributed by atoms with Gasteiger partial charge in [-0.2, -0.15) is 4.98 Å². The largest absolute Gasteiger partial charge is 0.379 e. The second-order valence-corrected chi connectivity index (χ2v) is 6.68. The first-order chi connectivity index (χ1) is 13.2. The zero-order valence-electron chi connectivity index (χ0n) is 15.1. The minimum absolute atomic E-state index is 0.0896. The molecule has 8 nitrogen and oxygen atoms in total. The number of morpholine rings is 1. The fourth-order valence-electron chi connectivity index (χ4n) is 3.26. The van der Waals surface area contributed by atoms with Gasteiger partial charge in [0.15, 0.2) is 0 Å². The molecule has 142 valence electrons. The Morgan fingerprint density at radius 3 is 2.59 bits per heavy atom. The van der Waals surface area contributed by atoms with Crippen molar-refractivity contribution in [2.24, 2.45) is 0 Å². The van der Waals surface area contributed by atoms with Crippen molar-refractivity contribution < 1.29 is 14.3 Å². The Balaban J connectivity index is 1.51. The maximum atomic E-state index is 12.3. The van der Waals surface area contributed by atoms with Crippen LogP contribution in [0.4, 0.5) is 11.8 Å². The van der Waals surface area contributed by atoms with Crippen molar-refractivity contribution >= 4 is 17.7 Å². The summed E-state index contributed by atoms with van der Waals surface area (Å²) in [6.45, 7) is 4.18. The Kier molecular flexibility index (Phi) is 5.17. The Morgan fingerprint density at radius 1 is 1.11 bits per heavy atom. The molecule has 3 N–H and O–H groups in total. The van der Waals surface area contributed by atoms with E-state index in [1.54, 1.807) is 12.1 Å². The van der Waals surface area contributed by atoms with E-state index in [9.17, 15) is 4.79 Å². The number of nitrogens with two attached hydrogens (primary N) is 1. The van der Waals surface area contributed by atoms with Crippen LogP contribution in [0, 0.1) is 0 Å². The average Bonchev–Trinajstić information content (AvgIpc) is 3.21. The molecule has 0 bridgehead atoms. The van der Waals surface area contributed by atoms with E-state index in [1.807, 2.05) is 18.2 Å². The van der Waals surface area contributed by atoms with Crippen LogP contribution in [0.5, 0.6) is 0 Å². The first kappa shape index (κ1) is 17.7. The van der Waals surface area contributed by atoms with Gasteiger partial charge in [0.25, 0.3) is 5.91 Å². The van der Waals surface area contributed by atoms with E-state index in [1.165, 1.54) is 0 Å². The van der Waals surface area contributed by atoms with Crippen LogP contribution in [0.15, 0.2) is 30.3 Å². The van der Waals surface area contributed by atoms with E-state index in [4.69, 9.17) is 15.2 Å². The first-order valence-corrected chi connectivity index (χ1v) is 9.15. The number of hydrogen-bond acceptors (Lipinski definition) is 7. The molecular weight excluding hydrogens is 346 g/mol. The summed E-state index contributed by atoms with van der Waals surface area (Å²) >= 11 is 0. The number of nitrogens with zero attached hydrogens (tertiary/aromatic N) is 3. The summed E-state index contributed by atoms with van der Waals surface area (Å²) in [5.74, 6) is 0.939. The number of anilines is 2. The van der Waals surface area contributed by atoms with Gasteiger partial charge < -0.3 is 25.4 Å². The SMILES string of the molecule is Nc1nc(-c2ccc(C(=O)N[C@H]3CCOC3)cc2)cc(N2CCOCC2)n1. The van der Waals surface area contributed by atoms with Crippen LogP contribution >= 0.6 is 0 Å². The molecule has 1 aromatic carbocycles. The number of benzene rings is 1. The predicted molar refractivity (Wildman–Crippen MR) is 102 cm³/mol. The number of ether oxygens (including phenoxy) is 2. The Morgan fingerprint density at radius 2 is 1.89 bits per heavy atom. The van der Waals surface area contributed by atoms with Crippen LogP contribution in [0.25, 0.3) is 11.3 Å². The van der Waals surface area contributed by atoms with Gasteiger partial charge in [-0.15, -0.1) is 0 Å². The van der Waals surface area contributed by atoms with E-state index in [-0.39, 0.29) is 17.9 Å². The zero-order chi connectivity index (χ0) is 18.6. The fraction of sp³-hybridized carbons (Fsp3) is 0.421. The number of hydrogen-bond donors (Lipinski definition) is 2. The van der Waals surface area contributed by atoms with Crippen molar-refractivity contribution in [3.05, 3.63) is 35.9 Å². The monoisotopic (exact) mass is 369 g/mol. The normalized spacial score (nSPS) is 19.9. The number of nitrogens with one attached hydrogen (secondary N) is 1. The van der Waals surface area contributed by atoms with Gasteiger partial charge in [-0.1, -0.05) is 12.1 Å². The highest BCUT2D eigenvalue weighted by atomic mass is 16.5. The molecule has 8 heteroatoms. The molecule has 2 aliphatic heterocycles. The zero-order valence-corrected chi connectivity index (χ0v) is 15.1. The third kappa shape index (κ3) is 4.17. The second kappa shape index (κ2) is 7.89. The number of nitrogen functional groups attached to an aromatic ring is 1. The van der Waals surface area contributed by atoms with Crippen LogP contribution < -0.4 is 16.0 Å². The molecule has 1 atom stereocenters. The molecule has 4 rings (SSSR count). The summed E-state index contributed by atoms with van der Waals surface area (Å²) in [6, 6.07) is 9.37. The lowest BCUT2D eigenvalue weighted by molar-refractivity contribution is 0.0930. The summed E-state index contributed by atoms with van der Waals surface area (Å²) in [4.78, 5) is 23.2. The van der Waals surface area contributed by atoms with Crippen LogP contribution in [-0.4, -0.2) is 61.4 Å². The lowest BCUT2D eigenvalue weighted by atomic mass is 10.1. The van der Waals surface area contributed by atoms with Crippen molar-refractivity contribution in [2.75, 3.05) is 50.2 Å². The van der Waals surface area contributed by atoms with E-state index in [0.717, 1.165) is 36.6 Å². The maximum absolute atomic E-state index is 12.3. The van der Waals surface area contributed by atoms with Gasteiger partial charge in [0.1, 0.15) is 5.82 Å². The smallest absolute Gasteiger partial charge is 0.251 e. The highest BCUT2D eigenvalue weighted by Gasteiger charge is 2.19. The van der Waals surface area contributed by atoms with Gasteiger partial charge in [0.2, 0.25) is 5.95 Å². The van der Waals surface area contributed by atoms with Crippen molar-refractivity contribution in [2.45, 2.75) is 12.5 Å². The molecule has 2 saturated heterocycles. The Labute approximate surface area is 157 Å². The standard InChI is InChI=1S/C19H23N5O3/c20-19-22-16(11-17(23-19)24-6-9-26-10-7-24)13-1-3-14(4-2-13)18(25)21-15-5-8-27-12-15/h1-4,11,15H,5-10,12H2,(H,21,25)(H2,20,22,23)/t15-/m0/s1. The molecule has 3 heterocycles. The molecule has 1 amide bonds. The fourth-order valence-corrected chi connectivity index (χ4v) is 3.26. The number of carbonyl (C=O) groups excluding carboxylic acids is 1. The van der Waals surface area contributed by atoms with Gasteiger partial charge in [0.05, 0.1) is 31.6 Å². The van der Waals surface area contributed by atoms with Crippen molar-refractivity contribution in [1.82, 2.24) is 15.3 Å². The molecule has 2 fully saturated rings. The lowest BCUT2D eigenvalue weighted by Gasteiger charge is -2.28. The molecule has 0 aliphatic carbocycles. The van der Waals surface area contributed by atoms with E-state index < -0.39 is 0 Å². The van der Waals surface area contributed by atoms with Crippen molar-refractivity contribution in [1.29, 1.82) is 0 Å². The molecule has 2 aromatic rings. The topological polar surface area (TPSA) is 103 Å². The predicted octanol–water partition coefficient (Wildman–Crippen LogP) is 1.08. The van der Waals surface area contributed by atoms with Gasteiger partial charge in [-0.25, -0.2) is 4.98 Å². The van der Waals surface area contributed by atoms with Gasteiger partial charge in [-0.3, -0.25) is 4.79 Å². The minimum Gasteiger partial charge on any atom is -0.379 e. The Hall–Kier alpha value is -2.71. The van der Waals surface area contributed by atoms with Gasteiger partial charge in [-0.05, 0) is 18.6 Å². The third-order valence-corrected chi connectivity index (χ3v) is 4.77. The van der Waals surface area contributed by atoms with Crippen LogP contribution in [0.3, 0.4) is 0 Å². The summed E-state index contributed by atoms with van der Waals surface area (Å²) in [6.07, 6.45) is 0.856. The summed E-state index contributed by atoms with van der Waals surface area (Å²) < 4.78 is 10.7. The number of aromatic nitrogens is 2.